The molecule has 3 nitrogen and oxygen atoms in total. The Morgan fingerprint density at radius 3 is 2.46 bits per heavy atom. The normalized spacial score (nSPS) is 11.6. The molecule has 0 amide bonds. The zero-order valence-corrected chi connectivity index (χ0v) is 8.43. The first-order chi connectivity index (χ1) is 5.95. The molecule has 0 saturated heterocycles. The summed E-state index contributed by atoms with van der Waals surface area (Å²) >= 11 is 0. The van der Waals surface area contributed by atoms with Crippen LogP contribution >= 0.6 is 0 Å². The van der Waals surface area contributed by atoms with Gasteiger partial charge in [-0.25, -0.2) is 8.42 Å². The quantitative estimate of drug-likeness (QED) is 0.771. The standard InChI is InChI=1S/C9H12O3S/c1-7-3-4-8(6-10)9(5-7)13(2,11)12/h3-5,10H,6H2,1-2H3. The van der Waals surface area contributed by atoms with E-state index in [-0.39, 0.29) is 11.5 Å². The average molecular weight is 200 g/mol. The van der Waals surface area contributed by atoms with Crippen molar-refractivity contribution in [3.05, 3.63) is 29.3 Å². The molecule has 0 fully saturated rings. The van der Waals surface area contributed by atoms with Gasteiger partial charge in [-0.15, -0.1) is 0 Å². The summed E-state index contributed by atoms with van der Waals surface area (Å²) in [5.41, 5.74) is 1.32. The lowest BCUT2D eigenvalue weighted by atomic mass is 10.2. The summed E-state index contributed by atoms with van der Waals surface area (Å²) in [6, 6.07) is 4.98. The van der Waals surface area contributed by atoms with E-state index >= 15 is 0 Å². The largest absolute Gasteiger partial charge is 0.392 e. The molecule has 0 spiro atoms. The van der Waals surface area contributed by atoms with Crippen molar-refractivity contribution >= 4 is 9.84 Å². The van der Waals surface area contributed by atoms with Crippen LogP contribution in [0.15, 0.2) is 23.1 Å². The molecule has 1 N–H and O–H groups in total. The third-order valence-corrected chi connectivity index (χ3v) is 2.97. The Bertz CT molecular complexity index is 407. The van der Waals surface area contributed by atoms with Crippen molar-refractivity contribution in [2.45, 2.75) is 18.4 Å². The number of rotatable bonds is 2. The van der Waals surface area contributed by atoms with Crippen LogP contribution in [0.5, 0.6) is 0 Å². The van der Waals surface area contributed by atoms with E-state index in [4.69, 9.17) is 5.11 Å². The van der Waals surface area contributed by atoms with E-state index in [0.29, 0.717) is 5.56 Å². The molecule has 1 aromatic rings. The van der Waals surface area contributed by atoms with Crippen LogP contribution in [0, 0.1) is 6.92 Å². The minimum Gasteiger partial charge on any atom is -0.392 e. The highest BCUT2D eigenvalue weighted by molar-refractivity contribution is 7.90. The molecule has 0 radical (unpaired) electrons. The molecule has 0 aliphatic carbocycles. The van der Waals surface area contributed by atoms with Crippen molar-refractivity contribution in [1.82, 2.24) is 0 Å². The van der Waals surface area contributed by atoms with E-state index < -0.39 is 9.84 Å². The van der Waals surface area contributed by atoms with E-state index in [2.05, 4.69) is 0 Å². The topological polar surface area (TPSA) is 54.4 Å². The summed E-state index contributed by atoms with van der Waals surface area (Å²) in [5, 5.41) is 8.91. The van der Waals surface area contributed by atoms with Gasteiger partial charge in [-0.05, 0) is 24.1 Å². The monoisotopic (exact) mass is 200 g/mol. The Morgan fingerprint density at radius 1 is 1.38 bits per heavy atom. The lowest BCUT2D eigenvalue weighted by Crippen LogP contribution is -2.02. The predicted molar refractivity (Wildman–Crippen MR) is 50.2 cm³/mol. The van der Waals surface area contributed by atoms with Gasteiger partial charge in [0.15, 0.2) is 9.84 Å². The van der Waals surface area contributed by atoms with Crippen molar-refractivity contribution in [3.63, 3.8) is 0 Å². The fraction of sp³-hybridized carbons (Fsp3) is 0.333. The maximum absolute atomic E-state index is 11.3. The number of aryl methyl sites for hydroxylation is 1. The summed E-state index contributed by atoms with van der Waals surface area (Å²) < 4.78 is 22.5. The molecular weight excluding hydrogens is 188 g/mol. The minimum atomic E-state index is -3.23. The predicted octanol–water partition coefficient (Wildman–Crippen LogP) is 0.891. The Hall–Kier alpha value is -0.870. The Morgan fingerprint density at radius 2 is 2.00 bits per heavy atom. The van der Waals surface area contributed by atoms with Crippen LogP contribution in [-0.2, 0) is 16.4 Å². The lowest BCUT2D eigenvalue weighted by Gasteiger charge is -2.05. The minimum absolute atomic E-state index is 0.218. The molecular formula is C9H12O3S. The Balaban J connectivity index is 3.41. The second-order valence-electron chi connectivity index (χ2n) is 3.04. The smallest absolute Gasteiger partial charge is 0.175 e. The van der Waals surface area contributed by atoms with Gasteiger partial charge < -0.3 is 5.11 Å². The van der Waals surface area contributed by atoms with Crippen LogP contribution in [0.2, 0.25) is 0 Å². The molecule has 13 heavy (non-hydrogen) atoms. The highest BCUT2D eigenvalue weighted by Crippen LogP contribution is 2.17. The van der Waals surface area contributed by atoms with Gasteiger partial charge in [-0.2, -0.15) is 0 Å². The van der Waals surface area contributed by atoms with E-state index in [1.165, 1.54) is 0 Å². The summed E-state index contributed by atoms with van der Waals surface area (Å²) in [4.78, 5) is 0.218. The van der Waals surface area contributed by atoms with E-state index in [0.717, 1.165) is 11.8 Å². The molecule has 0 atom stereocenters. The maximum atomic E-state index is 11.3. The first kappa shape index (κ1) is 10.2. The third kappa shape index (κ3) is 2.29. The molecule has 0 bridgehead atoms. The maximum Gasteiger partial charge on any atom is 0.175 e. The molecule has 0 unspecified atom stereocenters. The van der Waals surface area contributed by atoms with Crippen molar-refractivity contribution in [2.75, 3.05) is 6.26 Å². The van der Waals surface area contributed by atoms with Crippen molar-refractivity contribution in [3.8, 4) is 0 Å². The Labute approximate surface area is 77.9 Å². The van der Waals surface area contributed by atoms with E-state index in [1.54, 1.807) is 18.2 Å². The highest BCUT2D eigenvalue weighted by Gasteiger charge is 2.12. The number of hydrogen-bond donors (Lipinski definition) is 1. The zero-order chi connectivity index (χ0) is 10.1. The number of benzene rings is 1. The molecule has 0 heterocycles. The lowest BCUT2D eigenvalue weighted by molar-refractivity contribution is 0.278. The fourth-order valence-electron chi connectivity index (χ4n) is 1.14. The van der Waals surface area contributed by atoms with Gasteiger partial charge in [0, 0.05) is 6.26 Å². The number of hydrogen-bond acceptors (Lipinski definition) is 3. The third-order valence-electron chi connectivity index (χ3n) is 1.79. The van der Waals surface area contributed by atoms with Gasteiger partial charge in [0.05, 0.1) is 11.5 Å². The zero-order valence-electron chi connectivity index (χ0n) is 7.61. The molecule has 0 aliphatic heterocycles. The van der Waals surface area contributed by atoms with Gasteiger partial charge >= 0.3 is 0 Å². The number of aliphatic hydroxyl groups is 1. The molecule has 72 valence electrons. The van der Waals surface area contributed by atoms with Crippen LogP contribution < -0.4 is 0 Å². The van der Waals surface area contributed by atoms with Gasteiger partial charge in [-0.1, -0.05) is 12.1 Å². The van der Waals surface area contributed by atoms with Crippen molar-refractivity contribution < 1.29 is 13.5 Å². The molecule has 1 aromatic carbocycles. The van der Waals surface area contributed by atoms with Crippen LogP contribution in [0.25, 0.3) is 0 Å². The van der Waals surface area contributed by atoms with E-state index in [9.17, 15) is 8.42 Å². The molecule has 1 rings (SSSR count). The van der Waals surface area contributed by atoms with Crippen LogP contribution in [0.1, 0.15) is 11.1 Å². The fourth-order valence-corrected chi connectivity index (χ4v) is 2.15. The SMILES string of the molecule is Cc1ccc(CO)c(S(C)(=O)=O)c1. The second kappa shape index (κ2) is 3.47. The average Bonchev–Trinajstić information content (AvgIpc) is 2.03. The number of sulfone groups is 1. The van der Waals surface area contributed by atoms with Gasteiger partial charge in [0.2, 0.25) is 0 Å². The first-order valence-corrected chi connectivity index (χ1v) is 5.74. The van der Waals surface area contributed by atoms with Crippen LogP contribution in [-0.4, -0.2) is 19.8 Å². The molecule has 0 aromatic heterocycles. The van der Waals surface area contributed by atoms with Gasteiger partial charge in [-0.3, -0.25) is 0 Å². The van der Waals surface area contributed by atoms with Crippen LogP contribution in [0.4, 0.5) is 0 Å². The van der Waals surface area contributed by atoms with Gasteiger partial charge in [0.1, 0.15) is 0 Å². The number of aliphatic hydroxyl groups excluding tert-OH is 1. The van der Waals surface area contributed by atoms with E-state index in [1.807, 2.05) is 6.92 Å². The van der Waals surface area contributed by atoms with Crippen molar-refractivity contribution in [1.29, 1.82) is 0 Å². The highest BCUT2D eigenvalue weighted by atomic mass is 32.2. The summed E-state index contributed by atoms with van der Waals surface area (Å²) in [7, 11) is -3.23. The van der Waals surface area contributed by atoms with Crippen LogP contribution in [0.3, 0.4) is 0 Å². The second-order valence-corrected chi connectivity index (χ2v) is 5.03. The summed E-state index contributed by atoms with van der Waals surface area (Å²) in [6.45, 7) is 1.57. The first-order valence-electron chi connectivity index (χ1n) is 3.85. The van der Waals surface area contributed by atoms with Crippen molar-refractivity contribution in [2.24, 2.45) is 0 Å². The molecule has 0 saturated carbocycles. The van der Waals surface area contributed by atoms with Gasteiger partial charge in [0.25, 0.3) is 0 Å². The molecule has 4 heteroatoms. The molecule has 0 aliphatic rings. The Kier molecular flexibility index (Phi) is 2.73. The summed E-state index contributed by atoms with van der Waals surface area (Å²) in [6.07, 6.45) is 1.14. The summed E-state index contributed by atoms with van der Waals surface area (Å²) in [5.74, 6) is 0.